The number of benzene rings is 3. The standard InChI is InChI=1S/C30H35NO/c1-2-12-29(30(26-13-6-3-7-14-26)27-15-8-4-9-16-27)25-17-19-28(20-18-25)32-24-23-31-21-10-5-11-22-31/h3-4,6-9,13-20H,2,5,10-12,21-24H2,1H3. The van der Waals surface area contributed by atoms with Gasteiger partial charge >= 0.3 is 0 Å². The van der Waals surface area contributed by atoms with E-state index >= 15 is 0 Å². The number of allylic oxidation sites excluding steroid dienone is 1. The molecular weight excluding hydrogens is 390 g/mol. The van der Waals surface area contributed by atoms with Crippen LogP contribution in [0.3, 0.4) is 0 Å². The van der Waals surface area contributed by atoms with Crippen LogP contribution in [0.1, 0.15) is 55.7 Å². The zero-order valence-electron chi connectivity index (χ0n) is 19.3. The molecule has 0 amide bonds. The van der Waals surface area contributed by atoms with Crippen molar-refractivity contribution in [1.82, 2.24) is 4.90 Å². The number of hydrogen-bond donors (Lipinski definition) is 0. The third kappa shape index (κ3) is 5.89. The lowest BCUT2D eigenvalue weighted by Crippen LogP contribution is -2.33. The molecular formula is C30H35NO. The van der Waals surface area contributed by atoms with Crippen LogP contribution in [0.15, 0.2) is 84.9 Å². The Kier molecular flexibility index (Phi) is 8.17. The van der Waals surface area contributed by atoms with Crippen molar-refractivity contribution >= 4 is 11.1 Å². The first-order chi connectivity index (χ1) is 15.8. The first-order valence-electron chi connectivity index (χ1n) is 12.1. The average molecular weight is 426 g/mol. The van der Waals surface area contributed by atoms with Crippen LogP contribution in [-0.4, -0.2) is 31.1 Å². The van der Waals surface area contributed by atoms with Crippen molar-refractivity contribution in [3.63, 3.8) is 0 Å². The second-order valence-corrected chi connectivity index (χ2v) is 8.61. The molecule has 0 aromatic heterocycles. The van der Waals surface area contributed by atoms with Gasteiger partial charge in [0.1, 0.15) is 12.4 Å². The largest absolute Gasteiger partial charge is 0.492 e. The normalized spacial score (nSPS) is 14.2. The van der Waals surface area contributed by atoms with Gasteiger partial charge in [0.05, 0.1) is 0 Å². The summed E-state index contributed by atoms with van der Waals surface area (Å²) >= 11 is 0. The van der Waals surface area contributed by atoms with E-state index in [1.807, 2.05) is 0 Å². The highest BCUT2D eigenvalue weighted by atomic mass is 16.5. The fraction of sp³-hybridized carbons (Fsp3) is 0.333. The van der Waals surface area contributed by atoms with E-state index in [9.17, 15) is 0 Å². The molecule has 1 aliphatic heterocycles. The van der Waals surface area contributed by atoms with Crippen LogP contribution in [0.25, 0.3) is 11.1 Å². The minimum Gasteiger partial charge on any atom is -0.492 e. The summed E-state index contributed by atoms with van der Waals surface area (Å²) in [7, 11) is 0. The minimum atomic E-state index is 0.760. The summed E-state index contributed by atoms with van der Waals surface area (Å²) in [5.41, 5.74) is 6.53. The molecule has 0 atom stereocenters. The summed E-state index contributed by atoms with van der Waals surface area (Å²) < 4.78 is 6.08. The lowest BCUT2D eigenvalue weighted by Gasteiger charge is -2.26. The molecule has 1 saturated heterocycles. The van der Waals surface area contributed by atoms with Crippen molar-refractivity contribution in [2.75, 3.05) is 26.2 Å². The van der Waals surface area contributed by atoms with Crippen LogP contribution in [-0.2, 0) is 0 Å². The molecule has 2 nitrogen and oxygen atoms in total. The molecule has 0 bridgehead atoms. The molecule has 32 heavy (non-hydrogen) atoms. The second kappa shape index (κ2) is 11.7. The Morgan fingerprint density at radius 3 is 1.88 bits per heavy atom. The molecule has 3 aromatic rings. The van der Waals surface area contributed by atoms with E-state index in [-0.39, 0.29) is 0 Å². The predicted molar refractivity (Wildman–Crippen MR) is 136 cm³/mol. The van der Waals surface area contributed by atoms with Gasteiger partial charge in [-0.15, -0.1) is 0 Å². The van der Waals surface area contributed by atoms with Crippen molar-refractivity contribution in [1.29, 1.82) is 0 Å². The Balaban J connectivity index is 1.58. The van der Waals surface area contributed by atoms with Gasteiger partial charge < -0.3 is 4.74 Å². The third-order valence-electron chi connectivity index (χ3n) is 6.25. The first kappa shape index (κ1) is 22.4. The van der Waals surface area contributed by atoms with Gasteiger partial charge in [-0.05, 0) is 72.3 Å². The van der Waals surface area contributed by atoms with E-state index in [0.717, 1.165) is 31.7 Å². The predicted octanol–water partition coefficient (Wildman–Crippen LogP) is 7.31. The SMILES string of the molecule is CCCC(=C(c1ccccc1)c1ccccc1)c1ccc(OCCN2CCCCC2)cc1. The molecule has 2 heteroatoms. The molecule has 0 unspecified atom stereocenters. The van der Waals surface area contributed by atoms with Crippen molar-refractivity contribution in [2.45, 2.75) is 39.0 Å². The zero-order chi connectivity index (χ0) is 22.0. The molecule has 0 aliphatic carbocycles. The molecule has 1 fully saturated rings. The van der Waals surface area contributed by atoms with E-state index in [1.54, 1.807) is 0 Å². The highest BCUT2D eigenvalue weighted by Gasteiger charge is 2.14. The van der Waals surface area contributed by atoms with Crippen molar-refractivity contribution in [2.24, 2.45) is 0 Å². The summed E-state index contributed by atoms with van der Waals surface area (Å²) in [6, 6.07) is 30.3. The van der Waals surface area contributed by atoms with E-state index in [4.69, 9.17) is 4.74 Å². The molecule has 0 saturated carbocycles. The molecule has 0 spiro atoms. The molecule has 1 heterocycles. The molecule has 3 aromatic carbocycles. The van der Waals surface area contributed by atoms with Crippen molar-refractivity contribution in [3.05, 3.63) is 102 Å². The first-order valence-corrected chi connectivity index (χ1v) is 12.1. The minimum absolute atomic E-state index is 0.760. The average Bonchev–Trinajstić information content (AvgIpc) is 2.86. The fourth-order valence-electron chi connectivity index (χ4n) is 4.62. The Bertz CT molecular complexity index is 929. The Morgan fingerprint density at radius 1 is 0.719 bits per heavy atom. The van der Waals surface area contributed by atoms with Crippen LogP contribution in [0.2, 0.25) is 0 Å². The number of rotatable bonds is 9. The molecule has 4 rings (SSSR count). The topological polar surface area (TPSA) is 12.5 Å². The summed E-state index contributed by atoms with van der Waals surface area (Å²) in [6.07, 6.45) is 6.17. The van der Waals surface area contributed by atoms with Gasteiger partial charge in [0.2, 0.25) is 0 Å². The monoisotopic (exact) mass is 425 g/mol. The molecule has 166 valence electrons. The fourth-order valence-corrected chi connectivity index (χ4v) is 4.62. The van der Waals surface area contributed by atoms with Crippen LogP contribution < -0.4 is 4.74 Å². The lowest BCUT2D eigenvalue weighted by molar-refractivity contribution is 0.183. The second-order valence-electron chi connectivity index (χ2n) is 8.61. The number of piperidine rings is 1. The maximum atomic E-state index is 6.08. The van der Waals surface area contributed by atoms with Gasteiger partial charge in [-0.3, -0.25) is 4.90 Å². The third-order valence-corrected chi connectivity index (χ3v) is 6.25. The number of ether oxygens (including phenoxy) is 1. The van der Waals surface area contributed by atoms with E-state index in [0.29, 0.717) is 0 Å². The molecule has 1 aliphatic rings. The smallest absolute Gasteiger partial charge is 0.119 e. The van der Waals surface area contributed by atoms with Gasteiger partial charge in [-0.25, -0.2) is 0 Å². The molecule has 0 radical (unpaired) electrons. The summed E-state index contributed by atoms with van der Waals surface area (Å²) in [5, 5.41) is 0. The van der Waals surface area contributed by atoms with Gasteiger partial charge in [0.15, 0.2) is 0 Å². The van der Waals surface area contributed by atoms with Crippen molar-refractivity contribution in [3.8, 4) is 5.75 Å². The van der Waals surface area contributed by atoms with Gasteiger partial charge in [0, 0.05) is 6.54 Å². The van der Waals surface area contributed by atoms with E-state index < -0.39 is 0 Å². The summed E-state index contributed by atoms with van der Waals surface area (Å²) in [4.78, 5) is 2.52. The number of nitrogens with zero attached hydrogens (tertiary/aromatic N) is 1. The van der Waals surface area contributed by atoms with Crippen LogP contribution in [0.4, 0.5) is 0 Å². The molecule has 0 N–H and O–H groups in total. The Morgan fingerprint density at radius 2 is 1.31 bits per heavy atom. The lowest BCUT2D eigenvalue weighted by atomic mass is 9.87. The quantitative estimate of drug-likeness (QED) is 0.333. The van der Waals surface area contributed by atoms with E-state index in [1.165, 1.54) is 60.2 Å². The highest BCUT2D eigenvalue weighted by Crippen LogP contribution is 2.35. The van der Waals surface area contributed by atoms with Crippen LogP contribution >= 0.6 is 0 Å². The summed E-state index contributed by atoms with van der Waals surface area (Å²) in [5.74, 6) is 0.961. The van der Waals surface area contributed by atoms with Gasteiger partial charge in [-0.2, -0.15) is 0 Å². The maximum absolute atomic E-state index is 6.08. The van der Waals surface area contributed by atoms with E-state index in [2.05, 4.69) is 96.8 Å². The van der Waals surface area contributed by atoms with Gasteiger partial charge in [-0.1, -0.05) is 92.6 Å². The maximum Gasteiger partial charge on any atom is 0.119 e. The number of hydrogen-bond acceptors (Lipinski definition) is 2. The van der Waals surface area contributed by atoms with Crippen LogP contribution in [0, 0.1) is 0 Å². The van der Waals surface area contributed by atoms with Crippen LogP contribution in [0.5, 0.6) is 5.75 Å². The van der Waals surface area contributed by atoms with Gasteiger partial charge in [0.25, 0.3) is 0 Å². The van der Waals surface area contributed by atoms with Crippen molar-refractivity contribution < 1.29 is 4.74 Å². The summed E-state index contributed by atoms with van der Waals surface area (Å²) in [6.45, 7) is 6.47. The number of likely N-dealkylation sites (tertiary alicyclic amines) is 1. The highest BCUT2D eigenvalue weighted by molar-refractivity contribution is 5.98. The zero-order valence-corrected chi connectivity index (χ0v) is 19.3. The Hall–Kier alpha value is -2.84. The Labute approximate surface area is 193 Å².